The minimum atomic E-state index is 0. The first-order valence-electron chi connectivity index (χ1n) is 0.986. The Morgan fingerprint density at radius 3 is 1.60 bits per heavy atom. The Labute approximate surface area is 53.9 Å². The molecule has 0 saturated heterocycles. The summed E-state index contributed by atoms with van der Waals surface area (Å²) in [4.78, 5) is 0. The summed E-state index contributed by atoms with van der Waals surface area (Å²) >= 11 is 0. The fourth-order valence-corrected chi connectivity index (χ4v) is 0. The Hall–Kier alpha value is 0.744. The van der Waals surface area contributed by atoms with Crippen molar-refractivity contribution in [3.8, 4) is 0 Å². The van der Waals surface area contributed by atoms with E-state index in [2.05, 4.69) is 6.58 Å². The summed E-state index contributed by atoms with van der Waals surface area (Å²) in [6.07, 6.45) is 1.75. The van der Waals surface area contributed by atoms with E-state index < -0.39 is 0 Å². The summed E-state index contributed by atoms with van der Waals surface area (Å²) in [5, 5.41) is 0. The van der Waals surface area contributed by atoms with E-state index in [-0.39, 0.29) is 34.1 Å². The average Bonchev–Trinajstić information content (AvgIpc) is 0.918. The van der Waals surface area contributed by atoms with E-state index in [9.17, 15) is 0 Å². The standard InChI is InChI=1S/C3H6.ClH.Ti/c1-3-2;;/h3H,1H2,2H3;1H;/q;;+2/p-1. The van der Waals surface area contributed by atoms with Crippen molar-refractivity contribution in [2.75, 3.05) is 0 Å². The molecule has 0 aromatic carbocycles. The van der Waals surface area contributed by atoms with E-state index in [1.165, 1.54) is 0 Å². The first-order valence-corrected chi connectivity index (χ1v) is 0.986. The smallest absolute Gasteiger partial charge is 1.00 e. The fraction of sp³-hybridized carbons (Fsp3) is 0.333. The van der Waals surface area contributed by atoms with Gasteiger partial charge in [0.15, 0.2) is 0 Å². The molecule has 0 bridgehead atoms. The summed E-state index contributed by atoms with van der Waals surface area (Å²) in [5.41, 5.74) is 0. The first kappa shape index (κ1) is 17.2. The zero-order valence-corrected chi connectivity index (χ0v) is 5.48. The molecule has 0 atom stereocenters. The van der Waals surface area contributed by atoms with Crippen molar-refractivity contribution in [1.29, 1.82) is 0 Å². The molecule has 0 fully saturated rings. The van der Waals surface area contributed by atoms with E-state index in [1.54, 1.807) is 6.08 Å². The second-order valence-electron chi connectivity index (χ2n) is 0.408. The predicted octanol–water partition coefficient (Wildman–Crippen LogP) is -1.81. The summed E-state index contributed by atoms with van der Waals surface area (Å²) in [6.45, 7) is 5.25. The van der Waals surface area contributed by atoms with Gasteiger partial charge >= 0.3 is 21.7 Å². The minimum Gasteiger partial charge on any atom is -1.00 e. The van der Waals surface area contributed by atoms with Gasteiger partial charge in [-0.05, 0) is 6.92 Å². The van der Waals surface area contributed by atoms with Crippen LogP contribution in [0.5, 0.6) is 0 Å². The van der Waals surface area contributed by atoms with Crippen LogP contribution < -0.4 is 12.4 Å². The third kappa shape index (κ3) is 64.5. The molecule has 0 nitrogen and oxygen atoms in total. The molecule has 0 heterocycles. The van der Waals surface area contributed by atoms with Crippen LogP contribution in [0, 0.1) is 0 Å². The van der Waals surface area contributed by atoms with Gasteiger partial charge in [-0.15, -0.1) is 6.58 Å². The van der Waals surface area contributed by atoms with Crippen LogP contribution >= 0.6 is 0 Å². The van der Waals surface area contributed by atoms with E-state index in [0.717, 1.165) is 0 Å². The molecule has 2 heteroatoms. The van der Waals surface area contributed by atoms with Crippen LogP contribution in [-0.4, -0.2) is 0 Å². The second kappa shape index (κ2) is 21.9. The van der Waals surface area contributed by atoms with Gasteiger partial charge in [0, 0.05) is 0 Å². The van der Waals surface area contributed by atoms with Gasteiger partial charge in [0.25, 0.3) is 0 Å². The molecule has 0 amide bonds. The Balaban J connectivity index is -0.0000000200. The topological polar surface area (TPSA) is 0 Å². The molecule has 28 valence electrons. The zero-order valence-electron chi connectivity index (χ0n) is 3.16. The van der Waals surface area contributed by atoms with Crippen molar-refractivity contribution in [1.82, 2.24) is 0 Å². The van der Waals surface area contributed by atoms with Crippen molar-refractivity contribution in [3.63, 3.8) is 0 Å². The van der Waals surface area contributed by atoms with Crippen LogP contribution in [0.1, 0.15) is 6.92 Å². The van der Waals surface area contributed by atoms with Crippen LogP contribution in [0.4, 0.5) is 0 Å². The maximum absolute atomic E-state index is 3.36. The maximum Gasteiger partial charge on any atom is 2.00 e. The third-order valence-electron chi connectivity index (χ3n) is 0. The minimum absolute atomic E-state index is 0. The first-order chi connectivity index (χ1) is 1.41. The van der Waals surface area contributed by atoms with Crippen LogP contribution in [0.15, 0.2) is 12.7 Å². The molecule has 0 radical (unpaired) electrons. The summed E-state index contributed by atoms with van der Waals surface area (Å²) in [5.74, 6) is 0. The van der Waals surface area contributed by atoms with Gasteiger partial charge in [-0.1, -0.05) is 6.08 Å². The Morgan fingerprint density at radius 2 is 1.60 bits per heavy atom. The van der Waals surface area contributed by atoms with Gasteiger partial charge in [-0.25, -0.2) is 0 Å². The molecule has 0 unspecified atom stereocenters. The van der Waals surface area contributed by atoms with E-state index in [0.29, 0.717) is 0 Å². The van der Waals surface area contributed by atoms with Gasteiger partial charge in [-0.2, -0.15) is 0 Å². The van der Waals surface area contributed by atoms with E-state index in [1.807, 2.05) is 6.92 Å². The second-order valence-corrected chi connectivity index (χ2v) is 0.408. The Morgan fingerprint density at radius 1 is 1.60 bits per heavy atom. The molecule has 0 saturated carbocycles. The van der Waals surface area contributed by atoms with Gasteiger partial charge in [-0.3, -0.25) is 0 Å². The van der Waals surface area contributed by atoms with Crippen LogP contribution in [0.25, 0.3) is 0 Å². The molecule has 0 aliphatic heterocycles. The van der Waals surface area contributed by atoms with Crippen LogP contribution in [0.2, 0.25) is 0 Å². The monoisotopic (exact) mass is 125 g/mol. The van der Waals surface area contributed by atoms with Crippen molar-refractivity contribution >= 4 is 0 Å². The molecular weight excluding hydrogens is 119 g/mol. The van der Waals surface area contributed by atoms with E-state index >= 15 is 0 Å². The molecule has 0 aromatic heterocycles. The quantitative estimate of drug-likeness (QED) is 0.265. The molecule has 0 aliphatic carbocycles. The van der Waals surface area contributed by atoms with Gasteiger partial charge in [0.1, 0.15) is 0 Å². The molecular formula is C3H6ClTi+. The van der Waals surface area contributed by atoms with Gasteiger partial charge in [0.05, 0.1) is 0 Å². The Kier molecular flexibility index (Phi) is 75.1. The van der Waals surface area contributed by atoms with Gasteiger partial charge in [0.2, 0.25) is 0 Å². The van der Waals surface area contributed by atoms with Crippen LogP contribution in [0.3, 0.4) is 0 Å². The van der Waals surface area contributed by atoms with Crippen molar-refractivity contribution < 1.29 is 34.1 Å². The molecule has 0 aromatic rings. The molecule has 0 spiro atoms. The van der Waals surface area contributed by atoms with Gasteiger partial charge < -0.3 is 12.4 Å². The molecule has 0 aliphatic rings. The predicted molar refractivity (Wildman–Crippen MR) is 15.9 cm³/mol. The fourth-order valence-electron chi connectivity index (χ4n) is 0. The van der Waals surface area contributed by atoms with Crippen molar-refractivity contribution in [2.45, 2.75) is 6.92 Å². The largest absolute Gasteiger partial charge is 2.00 e. The molecule has 0 rings (SSSR count). The molecule has 5 heavy (non-hydrogen) atoms. The number of hydrogen-bond donors (Lipinski definition) is 0. The summed E-state index contributed by atoms with van der Waals surface area (Å²) < 4.78 is 0. The van der Waals surface area contributed by atoms with Crippen molar-refractivity contribution in [3.05, 3.63) is 12.7 Å². The normalized spacial score (nSPS) is 2.60. The zero-order chi connectivity index (χ0) is 2.71. The van der Waals surface area contributed by atoms with Crippen molar-refractivity contribution in [2.24, 2.45) is 0 Å². The van der Waals surface area contributed by atoms with Crippen LogP contribution in [-0.2, 0) is 21.7 Å². The third-order valence-corrected chi connectivity index (χ3v) is 0. The number of allylic oxidation sites excluding steroid dienone is 1. The summed E-state index contributed by atoms with van der Waals surface area (Å²) in [7, 11) is 0. The Bertz CT molecular complexity index is 14.4. The number of hydrogen-bond acceptors (Lipinski definition) is 0. The number of rotatable bonds is 0. The SMILES string of the molecule is C=CC.[Cl-].[Ti+2]. The maximum atomic E-state index is 3.36. The number of halogens is 1. The average molecular weight is 125 g/mol. The molecule has 0 N–H and O–H groups in total. The summed E-state index contributed by atoms with van der Waals surface area (Å²) in [6, 6.07) is 0. The van der Waals surface area contributed by atoms with E-state index in [4.69, 9.17) is 0 Å².